The minimum Gasteiger partial charge on any atom is -0.387 e. The maximum absolute atomic E-state index is 12.8. The van der Waals surface area contributed by atoms with Gasteiger partial charge < -0.3 is 19.8 Å². The summed E-state index contributed by atoms with van der Waals surface area (Å²) in [5, 5.41) is 13.7. The Morgan fingerprint density at radius 2 is 1.21 bits per heavy atom. The van der Waals surface area contributed by atoms with Gasteiger partial charge >= 0.3 is 7.82 Å². The molecule has 0 aromatic heterocycles. The van der Waals surface area contributed by atoms with E-state index in [0.29, 0.717) is 17.4 Å². The van der Waals surface area contributed by atoms with Crippen LogP contribution in [0.4, 0.5) is 0 Å². The summed E-state index contributed by atoms with van der Waals surface area (Å²) in [6, 6.07) is -0.867. The number of unbranched alkanes of at least 4 members (excludes halogenated alkanes) is 15. The van der Waals surface area contributed by atoms with Crippen LogP contribution in [0.2, 0.25) is 0 Å². The summed E-state index contributed by atoms with van der Waals surface area (Å²) < 4.78 is 23.4. The lowest BCUT2D eigenvalue weighted by molar-refractivity contribution is -0.870. The van der Waals surface area contributed by atoms with E-state index in [1.807, 2.05) is 27.2 Å². The molecule has 0 bridgehead atoms. The Kier molecular flexibility index (Phi) is 30.4. The summed E-state index contributed by atoms with van der Waals surface area (Å²) in [5.41, 5.74) is 0. The molecule has 0 saturated carbocycles. The highest BCUT2D eigenvalue weighted by molar-refractivity contribution is 7.47. The number of hydrogen-bond acceptors (Lipinski definition) is 5. The second-order valence-corrected chi connectivity index (χ2v) is 15.4. The van der Waals surface area contributed by atoms with Gasteiger partial charge in [0.05, 0.1) is 39.9 Å². The van der Waals surface area contributed by atoms with Crippen molar-refractivity contribution in [3.05, 3.63) is 48.6 Å². The average molecular weight is 698 g/mol. The van der Waals surface area contributed by atoms with Crippen molar-refractivity contribution in [1.82, 2.24) is 5.32 Å². The van der Waals surface area contributed by atoms with Gasteiger partial charge in [-0.15, -0.1) is 0 Å². The number of hydrogen-bond donors (Lipinski definition) is 3. The second kappa shape index (κ2) is 31.4. The maximum Gasteiger partial charge on any atom is 0.472 e. The molecule has 3 N–H and O–H groups in total. The zero-order chi connectivity index (χ0) is 35.8. The Bertz CT molecular complexity index is 928. The Balaban J connectivity index is 4.60. The molecule has 0 aliphatic carbocycles. The third-order valence-electron chi connectivity index (χ3n) is 8.05. The normalized spacial score (nSPS) is 15.2. The minimum absolute atomic E-state index is 0.0518. The van der Waals surface area contributed by atoms with Crippen molar-refractivity contribution in [3.63, 3.8) is 0 Å². The van der Waals surface area contributed by atoms with Crippen molar-refractivity contribution in [2.24, 2.45) is 0 Å². The summed E-state index contributed by atoms with van der Waals surface area (Å²) in [6.07, 6.45) is 37.4. The molecular weight excluding hydrogens is 623 g/mol. The van der Waals surface area contributed by atoms with E-state index in [4.69, 9.17) is 9.05 Å². The smallest absolute Gasteiger partial charge is 0.387 e. The third-order valence-corrected chi connectivity index (χ3v) is 9.03. The molecule has 3 unspecified atom stereocenters. The van der Waals surface area contributed by atoms with Gasteiger partial charge in [0.1, 0.15) is 13.2 Å². The first-order chi connectivity index (χ1) is 23.0. The van der Waals surface area contributed by atoms with Crippen LogP contribution in [0.25, 0.3) is 0 Å². The van der Waals surface area contributed by atoms with Crippen LogP contribution in [-0.4, -0.2) is 73.4 Å². The molecule has 0 saturated heterocycles. The van der Waals surface area contributed by atoms with Crippen LogP contribution in [0.15, 0.2) is 48.6 Å². The molecule has 0 radical (unpaired) electrons. The van der Waals surface area contributed by atoms with Crippen molar-refractivity contribution in [1.29, 1.82) is 0 Å². The first-order valence-electron chi connectivity index (χ1n) is 19.0. The molecule has 0 aromatic rings. The van der Waals surface area contributed by atoms with Crippen LogP contribution < -0.4 is 5.32 Å². The molecule has 0 aromatic carbocycles. The number of aliphatic hydroxyl groups excluding tert-OH is 1. The summed E-state index contributed by atoms with van der Waals surface area (Å²) >= 11 is 0. The van der Waals surface area contributed by atoms with Crippen LogP contribution in [0, 0.1) is 0 Å². The molecule has 8 nitrogen and oxygen atoms in total. The van der Waals surface area contributed by atoms with E-state index < -0.39 is 20.0 Å². The Morgan fingerprint density at radius 1 is 0.708 bits per heavy atom. The van der Waals surface area contributed by atoms with E-state index in [1.54, 1.807) is 6.08 Å². The van der Waals surface area contributed by atoms with Crippen LogP contribution in [0.3, 0.4) is 0 Å². The summed E-state index contributed by atoms with van der Waals surface area (Å²) in [6.45, 7) is 4.69. The maximum atomic E-state index is 12.8. The van der Waals surface area contributed by atoms with Gasteiger partial charge in [-0.1, -0.05) is 127 Å². The molecule has 9 heteroatoms. The summed E-state index contributed by atoms with van der Waals surface area (Å²) in [7, 11) is 1.53. The number of quaternary nitrogens is 1. The minimum atomic E-state index is -4.34. The van der Waals surface area contributed by atoms with Gasteiger partial charge in [0.15, 0.2) is 0 Å². The van der Waals surface area contributed by atoms with E-state index in [2.05, 4.69) is 55.6 Å². The Hall–Kier alpha value is -1.54. The molecule has 48 heavy (non-hydrogen) atoms. The number of likely N-dealkylation sites (N-methyl/N-ethyl adjacent to an activating group) is 1. The number of allylic oxidation sites excluding steroid dienone is 7. The van der Waals surface area contributed by atoms with E-state index >= 15 is 0 Å². The number of amides is 1. The summed E-state index contributed by atoms with van der Waals surface area (Å²) in [4.78, 5) is 23.0. The number of carbonyl (C=O) groups is 1. The van der Waals surface area contributed by atoms with E-state index in [0.717, 1.165) is 57.8 Å². The van der Waals surface area contributed by atoms with Gasteiger partial charge in [0, 0.05) is 6.42 Å². The molecule has 1 amide bonds. The first-order valence-corrected chi connectivity index (χ1v) is 20.5. The first kappa shape index (κ1) is 46.5. The molecular formula is C39H74N2O6P+. The molecule has 0 aliphatic heterocycles. The molecule has 0 heterocycles. The lowest BCUT2D eigenvalue weighted by Gasteiger charge is -2.25. The van der Waals surface area contributed by atoms with Crippen LogP contribution in [-0.2, 0) is 18.4 Å². The van der Waals surface area contributed by atoms with Crippen LogP contribution in [0.5, 0.6) is 0 Å². The second-order valence-electron chi connectivity index (χ2n) is 14.0. The van der Waals surface area contributed by atoms with Gasteiger partial charge in [0.2, 0.25) is 5.91 Å². The standard InChI is InChI=1S/C39H73N2O6P/c1-6-8-10-12-14-16-18-19-20-21-23-25-27-29-31-33-39(43)40-37(36-47-48(44,45)46-35-34-41(3,4)5)38(42)32-30-28-26-24-22-17-15-13-11-9-7-2/h14,16,18-19,22,24,30,32,37-38,42H,6-13,15,17,20-21,23,25-29,31,33-36H2,1-5H3,(H-,40,43,44,45)/p+1/b16-14-,19-18-,24-22+,32-30+. The highest BCUT2D eigenvalue weighted by Crippen LogP contribution is 2.43. The summed E-state index contributed by atoms with van der Waals surface area (Å²) in [5.74, 6) is -0.204. The monoisotopic (exact) mass is 698 g/mol. The molecule has 0 rings (SSSR count). The third kappa shape index (κ3) is 33.0. The highest BCUT2D eigenvalue weighted by atomic mass is 31.2. The largest absolute Gasteiger partial charge is 0.472 e. The van der Waals surface area contributed by atoms with Crippen molar-refractivity contribution in [3.8, 4) is 0 Å². The highest BCUT2D eigenvalue weighted by Gasteiger charge is 2.27. The number of carbonyl (C=O) groups excluding carboxylic acids is 1. The van der Waals surface area contributed by atoms with E-state index in [9.17, 15) is 19.4 Å². The van der Waals surface area contributed by atoms with Gasteiger partial charge in [0.25, 0.3) is 0 Å². The molecule has 280 valence electrons. The average Bonchev–Trinajstić information content (AvgIpc) is 3.02. The number of rotatable bonds is 33. The number of nitrogens with one attached hydrogen (secondary N) is 1. The fourth-order valence-corrected chi connectivity index (χ4v) is 5.66. The number of aliphatic hydroxyl groups is 1. The number of nitrogens with zero attached hydrogens (tertiary/aromatic N) is 1. The van der Waals surface area contributed by atoms with Crippen molar-refractivity contribution >= 4 is 13.7 Å². The zero-order valence-electron chi connectivity index (χ0n) is 31.5. The Morgan fingerprint density at radius 3 is 1.83 bits per heavy atom. The quantitative estimate of drug-likeness (QED) is 0.0207. The predicted octanol–water partition coefficient (Wildman–Crippen LogP) is 9.74. The van der Waals surface area contributed by atoms with Gasteiger partial charge in [-0.3, -0.25) is 13.8 Å². The lowest BCUT2D eigenvalue weighted by atomic mass is 10.1. The number of phosphoric acid groups is 1. The van der Waals surface area contributed by atoms with Gasteiger partial charge in [-0.2, -0.15) is 0 Å². The Labute approximate surface area is 295 Å². The topological polar surface area (TPSA) is 105 Å². The predicted molar refractivity (Wildman–Crippen MR) is 203 cm³/mol. The fourth-order valence-electron chi connectivity index (χ4n) is 4.93. The fraction of sp³-hybridized carbons (Fsp3) is 0.769. The van der Waals surface area contributed by atoms with Crippen molar-refractivity contribution in [2.45, 2.75) is 154 Å². The van der Waals surface area contributed by atoms with Gasteiger partial charge in [-0.05, 0) is 57.8 Å². The molecule has 3 atom stereocenters. The van der Waals surface area contributed by atoms with Crippen molar-refractivity contribution < 1.29 is 32.9 Å². The number of phosphoric ester groups is 1. The van der Waals surface area contributed by atoms with Crippen molar-refractivity contribution in [2.75, 3.05) is 40.9 Å². The van der Waals surface area contributed by atoms with E-state index in [-0.39, 0.29) is 19.1 Å². The molecule has 0 aliphatic rings. The van der Waals surface area contributed by atoms with E-state index in [1.165, 1.54) is 64.2 Å². The SMILES string of the molecule is CCCCC/C=C\C=C/CCCCCCCCC(=O)NC(COP(=O)(O)OCC[N+](C)(C)C)C(O)/C=C/CC/C=C/CCCCCCC. The van der Waals surface area contributed by atoms with Crippen LogP contribution >= 0.6 is 7.82 Å². The zero-order valence-corrected chi connectivity index (χ0v) is 32.4. The lowest BCUT2D eigenvalue weighted by Crippen LogP contribution is -2.45. The van der Waals surface area contributed by atoms with Gasteiger partial charge in [-0.25, -0.2) is 4.57 Å². The molecule has 0 fully saturated rings. The van der Waals surface area contributed by atoms with Crippen LogP contribution in [0.1, 0.15) is 142 Å². The molecule has 0 spiro atoms.